The van der Waals surface area contributed by atoms with Crippen LogP contribution in [0.4, 0.5) is 5.69 Å². The van der Waals surface area contributed by atoms with Crippen molar-refractivity contribution in [3.63, 3.8) is 0 Å². The van der Waals surface area contributed by atoms with E-state index >= 15 is 0 Å². The first-order chi connectivity index (χ1) is 11.9. The molecule has 1 unspecified atom stereocenters. The molecule has 1 fully saturated rings. The standard InChI is InChI=1S/C18H17N4O2/c1-4-13(21-11-23-17-15(21)6-2-8-19-17)10-14(5-1)22-12-24-18-16(22)7-3-9-20-18/h1-2,4-6,8,10-12,18,20H,3,7,9H2/q+3. The highest BCUT2D eigenvalue weighted by Crippen LogP contribution is 2.24. The molecule has 5 rings (SSSR count). The van der Waals surface area contributed by atoms with E-state index < -0.39 is 0 Å². The van der Waals surface area contributed by atoms with Gasteiger partial charge in [-0.1, -0.05) is 10.6 Å². The van der Waals surface area contributed by atoms with Crippen LogP contribution < -0.4 is 5.32 Å². The molecule has 3 aromatic rings. The Morgan fingerprint density at radius 2 is 2.25 bits per heavy atom. The van der Waals surface area contributed by atoms with Crippen molar-refractivity contribution in [1.82, 2.24) is 14.9 Å². The van der Waals surface area contributed by atoms with Crippen LogP contribution in [0.25, 0.3) is 16.9 Å². The van der Waals surface area contributed by atoms with Crippen molar-refractivity contribution in [1.29, 1.82) is 0 Å². The highest BCUT2D eigenvalue weighted by atomic mass is 16.4. The van der Waals surface area contributed by atoms with E-state index in [0.29, 0.717) is 5.71 Å². The van der Waals surface area contributed by atoms with Gasteiger partial charge in [0.15, 0.2) is 5.52 Å². The molecule has 4 heterocycles. The second kappa shape index (κ2) is 5.35. The molecule has 24 heavy (non-hydrogen) atoms. The third kappa shape index (κ3) is 2.07. The van der Waals surface area contributed by atoms with Gasteiger partial charge in [0.25, 0.3) is 5.71 Å². The number of fused-ring (bicyclic) bond motifs is 2. The molecule has 1 aromatic carbocycles. The first kappa shape index (κ1) is 13.6. The SMILES string of the molecule is C1=[O+]C2NCCCC2=[N+]1c1cccc(-n2c[o+]c3ncccc32)c1. The van der Waals surface area contributed by atoms with Crippen LogP contribution in [0.1, 0.15) is 12.8 Å². The van der Waals surface area contributed by atoms with Crippen molar-refractivity contribution in [2.45, 2.75) is 19.1 Å². The van der Waals surface area contributed by atoms with Gasteiger partial charge in [0.1, 0.15) is 0 Å². The summed E-state index contributed by atoms with van der Waals surface area (Å²) in [7, 11) is 0. The van der Waals surface area contributed by atoms with Crippen molar-refractivity contribution in [3.8, 4) is 5.69 Å². The largest absolute Gasteiger partial charge is 0.556 e. The number of benzene rings is 1. The fraction of sp³-hybridized carbons (Fsp3) is 0.222. The number of amides is 1. The average Bonchev–Trinajstić information content (AvgIpc) is 3.26. The number of nitrogens with zero attached hydrogens (tertiary/aromatic N) is 3. The zero-order valence-electron chi connectivity index (χ0n) is 13.1. The third-order valence-electron chi connectivity index (χ3n) is 4.52. The number of pyridine rings is 1. The smallest absolute Gasteiger partial charge is 0.226 e. The molecule has 0 aliphatic carbocycles. The van der Waals surface area contributed by atoms with E-state index in [-0.39, 0.29) is 6.23 Å². The van der Waals surface area contributed by atoms with E-state index in [0.717, 1.165) is 36.3 Å². The molecule has 6 nitrogen and oxygen atoms in total. The van der Waals surface area contributed by atoms with Gasteiger partial charge in [-0.2, -0.15) is 13.8 Å². The monoisotopic (exact) mass is 321 g/mol. The molecule has 2 aliphatic rings. The van der Waals surface area contributed by atoms with Crippen molar-refractivity contribution in [2.75, 3.05) is 6.54 Å². The maximum absolute atomic E-state index is 5.74. The number of aromatic nitrogens is 2. The van der Waals surface area contributed by atoms with Gasteiger partial charge in [-0.3, -0.25) is 0 Å². The Kier molecular flexibility index (Phi) is 3.02. The second-order valence-corrected chi connectivity index (χ2v) is 5.98. The summed E-state index contributed by atoms with van der Waals surface area (Å²) in [6, 6.07) is 12.2. The van der Waals surface area contributed by atoms with Gasteiger partial charge in [-0.15, -0.1) is 0 Å². The van der Waals surface area contributed by atoms with E-state index in [4.69, 9.17) is 8.84 Å². The van der Waals surface area contributed by atoms with Crippen LogP contribution in [0.5, 0.6) is 0 Å². The predicted molar refractivity (Wildman–Crippen MR) is 89.8 cm³/mol. The van der Waals surface area contributed by atoms with Gasteiger partial charge in [0.05, 0.1) is 5.69 Å². The molecule has 1 saturated heterocycles. The quantitative estimate of drug-likeness (QED) is 0.448. The molecule has 2 aromatic heterocycles. The lowest BCUT2D eigenvalue weighted by Crippen LogP contribution is -2.41. The minimum Gasteiger partial charge on any atom is -0.226 e. The number of rotatable bonds is 2. The molecule has 0 bridgehead atoms. The van der Waals surface area contributed by atoms with E-state index in [1.54, 1.807) is 19.0 Å². The average molecular weight is 321 g/mol. The van der Waals surface area contributed by atoms with Crippen LogP contribution >= 0.6 is 0 Å². The highest BCUT2D eigenvalue weighted by molar-refractivity contribution is 5.89. The fourth-order valence-corrected chi connectivity index (χ4v) is 3.35. The van der Waals surface area contributed by atoms with E-state index in [2.05, 4.69) is 33.1 Å². The highest BCUT2D eigenvalue weighted by Gasteiger charge is 2.43. The van der Waals surface area contributed by atoms with Crippen LogP contribution in [0.2, 0.25) is 0 Å². The van der Waals surface area contributed by atoms with Crippen LogP contribution in [0, 0.1) is 0 Å². The minimum absolute atomic E-state index is 0.00835. The zero-order chi connectivity index (χ0) is 15.9. The molecular weight excluding hydrogens is 304 g/mol. The van der Waals surface area contributed by atoms with Crippen molar-refractivity contribution in [3.05, 3.63) is 49.0 Å². The number of oxazole rings is 1. The maximum Gasteiger partial charge on any atom is 0.556 e. The van der Waals surface area contributed by atoms with Crippen LogP contribution in [0.15, 0.2) is 53.4 Å². The molecule has 0 radical (unpaired) electrons. The summed E-state index contributed by atoms with van der Waals surface area (Å²) in [5.41, 5.74) is 4.95. The lowest BCUT2D eigenvalue weighted by Gasteiger charge is -2.08. The lowest BCUT2D eigenvalue weighted by atomic mass is 10.1. The Morgan fingerprint density at radius 1 is 1.25 bits per heavy atom. The zero-order valence-corrected chi connectivity index (χ0v) is 13.1. The van der Waals surface area contributed by atoms with Gasteiger partial charge in [-0.05, 0) is 24.6 Å². The van der Waals surface area contributed by atoms with Crippen molar-refractivity contribution >= 4 is 29.0 Å². The summed E-state index contributed by atoms with van der Waals surface area (Å²) in [6.45, 7) is 1.000. The van der Waals surface area contributed by atoms with E-state index in [1.807, 2.05) is 22.8 Å². The summed E-state index contributed by atoms with van der Waals surface area (Å²) in [5, 5.41) is 3.39. The summed E-state index contributed by atoms with van der Waals surface area (Å²) >= 11 is 0. The molecule has 6 heteroatoms. The number of nitrogens with one attached hydrogen (secondary N) is 1. The molecule has 118 valence electrons. The Labute approximate surface area is 138 Å². The summed E-state index contributed by atoms with van der Waals surface area (Å²) in [4.78, 5) is 4.24. The molecule has 2 aliphatic heterocycles. The Bertz CT molecular complexity index is 989. The van der Waals surface area contributed by atoms with Crippen LogP contribution in [-0.4, -0.2) is 39.0 Å². The van der Waals surface area contributed by atoms with E-state index in [9.17, 15) is 0 Å². The van der Waals surface area contributed by atoms with Gasteiger partial charge >= 0.3 is 24.7 Å². The summed E-state index contributed by atoms with van der Waals surface area (Å²) < 4.78 is 15.4. The predicted octanol–water partition coefficient (Wildman–Crippen LogP) is 2.40. The minimum atomic E-state index is 0.00835. The molecule has 1 N–H and O–H groups in total. The van der Waals surface area contributed by atoms with Gasteiger partial charge in [0, 0.05) is 31.3 Å². The Hall–Kier alpha value is -2.86. The van der Waals surface area contributed by atoms with Crippen molar-refractivity contribution in [2.24, 2.45) is 0 Å². The molecule has 1 atom stereocenters. The molecule has 0 saturated carbocycles. The Morgan fingerprint density at radius 3 is 3.25 bits per heavy atom. The molecular formula is C18H17N4O2+3. The van der Waals surface area contributed by atoms with Crippen LogP contribution in [0.3, 0.4) is 0 Å². The Balaban J connectivity index is 1.61. The topological polar surface area (TPSA) is 55.5 Å². The van der Waals surface area contributed by atoms with Gasteiger partial charge in [-0.25, -0.2) is 9.88 Å². The fourth-order valence-electron chi connectivity index (χ4n) is 3.35. The van der Waals surface area contributed by atoms with Crippen molar-refractivity contribution < 1.29 is 13.4 Å². The summed E-state index contributed by atoms with van der Waals surface area (Å²) in [5.74, 6) is 0. The summed E-state index contributed by atoms with van der Waals surface area (Å²) in [6.07, 6.45) is 7.41. The van der Waals surface area contributed by atoms with Gasteiger partial charge < -0.3 is 0 Å². The number of hydrogen-bond acceptors (Lipinski definition) is 2. The normalized spacial score (nSPS) is 19.9. The first-order valence-corrected chi connectivity index (χ1v) is 8.12. The second-order valence-electron chi connectivity index (χ2n) is 5.98. The molecule has 0 amide bonds. The number of piperidine rings is 1. The van der Waals surface area contributed by atoms with Crippen LogP contribution in [-0.2, 0) is 4.42 Å². The first-order valence-electron chi connectivity index (χ1n) is 8.12. The van der Waals surface area contributed by atoms with E-state index in [1.165, 1.54) is 5.71 Å². The number of carbonyl (C=O) groups excluding carboxylic acids is 1. The number of hydrogen-bond donors (Lipinski definition) is 1. The molecule has 0 spiro atoms. The lowest BCUT2D eigenvalue weighted by molar-refractivity contribution is -0.499. The van der Waals surface area contributed by atoms with Gasteiger partial charge in [0.2, 0.25) is 5.69 Å². The maximum atomic E-state index is 5.74. The third-order valence-corrected chi connectivity index (χ3v) is 4.52.